The molecule has 15 rings (SSSR count). The standard InChI is InChI=1S/C68H44N6/c69-41-43-17-13-27-49(37-43)71(47-23-9-3-10-24-47)51-33-35-53-56-30-16-32-58-64-62(46-21-7-2-8-22-46)68-63(61(45-19-5-1-6-20-45)67(64)73(66(56)58)59(53)39-51)57-31-15-29-55-54-36-34-52(40-60(54)74(68)65(55)57)72(48-25-11-4-12-26-48)50-28-14-18-44(38-50)42-70/h1,3-7,9-33,35-40,52H,2,8,34H2. The van der Waals surface area contributed by atoms with Crippen molar-refractivity contribution in [2.24, 2.45) is 0 Å². The van der Waals surface area contributed by atoms with Crippen molar-refractivity contribution in [3.63, 3.8) is 0 Å². The summed E-state index contributed by atoms with van der Waals surface area (Å²) in [5.74, 6) is 0. The smallest absolute Gasteiger partial charge is 0.0992 e. The van der Waals surface area contributed by atoms with E-state index in [1.165, 1.54) is 87.0 Å². The zero-order valence-corrected chi connectivity index (χ0v) is 40.2. The molecule has 0 amide bonds. The van der Waals surface area contributed by atoms with Gasteiger partial charge in [-0.25, -0.2) is 0 Å². The third-order valence-corrected chi connectivity index (χ3v) is 15.7. The van der Waals surface area contributed by atoms with E-state index in [1.807, 2.05) is 42.5 Å². The van der Waals surface area contributed by atoms with E-state index < -0.39 is 0 Å². The summed E-state index contributed by atoms with van der Waals surface area (Å²) in [6.07, 6.45) is 14.9. The van der Waals surface area contributed by atoms with E-state index in [0.29, 0.717) is 11.1 Å². The van der Waals surface area contributed by atoms with Crippen LogP contribution < -0.4 is 20.4 Å². The van der Waals surface area contributed by atoms with Gasteiger partial charge in [-0.2, -0.15) is 10.5 Å². The molecule has 0 radical (unpaired) electrons. The van der Waals surface area contributed by atoms with E-state index >= 15 is 0 Å². The number of nitriles is 2. The van der Waals surface area contributed by atoms with Crippen LogP contribution in [0.15, 0.2) is 212 Å². The average molecular weight is 945 g/mol. The molecular formula is C68H44N6. The molecule has 4 heterocycles. The maximum absolute atomic E-state index is 10.1. The van der Waals surface area contributed by atoms with Crippen molar-refractivity contribution in [1.29, 1.82) is 10.5 Å². The molecule has 1 atom stereocenters. The van der Waals surface area contributed by atoms with Crippen molar-refractivity contribution in [3.8, 4) is 23.3 Å². The SMILES string of the molecule is N#Cc1cccc(N(c2ccccc2)c2ccc3c4cccc5c6c(C7=CCCC=C7)c7c(c(-c8ccccc8)c6n(c3c2)c45)c2cccc3c4c(n7c32)=CC(N(c2ccccc2)c2cccc(C#N)c2)CC=4)c1. The summed E-state index contributed by atoms with van der Waals surface area (Å²) in [4.78, 5) is 4.67. The molecule has 0 saturated carbocycles. The van der Waals surface area contributed by atoms with Gasteiger partial charge in [-0.3, -0.25) is 0 Å². The Hall–Kier alpha value is -9.88. The maximum atomic E-state index is 10.1. The normalized spacial score (nSPS) is 14.4. The molecule has 13 aromatic rings. The second kappa shape index (κ2) is 16.3. The van der Waals surface area contributed by atoms with Gasteiger partial charge in [0.05, 0.1) is 62.2 Å². The van der Waals surface area contributed by atoms with Gasteiger partial charge < -0.3 is 18.6 Å². The lowest BCUT2D eigenvalue weighted by molar-refractivity contribution is 0.833. The molecule has 0 bridgehead atoms. The molecule has 74 heavy (non-hydrogen) atoms. The third kappa shape index (κ3) is 6.03. The number of allylic oxidation sites excluding steroid dienone is 4. The second-order valence-electron chi connectivity index (χ2n) is 19.7. The monoisotopic (exact) mass is 944 g/mol. The first kappa shape index (κ1) is 41.9. The van der Waals surface area contributed by atoms with Crippen LogP contribution in [0, 0.1) is 22.7 Å². The zero-order valence-electron chi connectivity index (χ0n) is 40.2. The van der Waals surface area contributed by atoms with Gasteiger partial charge in [-0.05, 0) is 109 Å². The molecule has 2 aliphatic rings. The van der Waals surface area contributed by atoms with Gasteiger partial charge in [0.15, 0.2) is 0 Å². The number of fused-ring (bicyclic) bond motifs is 12. The summed E-state index contributed by atoms with van der Waals surface area (Å²) >= 11 is 0. The van der Waals surface area contributed by atoms with Gasteiger partial charge >= 0.3 is 0 Å². The van der Waals surface area contributed by atoms with Crippen LogP contribution in [0.5, 0.6) is 0 Å². The minimum atomic E-state index is -0.0416. The summed E-state index contributed by atoms with van der Waals surface area (Å²) < 4.78 is 5.20. The summed E-state index contributed by atoms with van der Waals surface area (Å²) in [5.41, 5.74) is 17.1. The van der Waals surface area contributed by atoms with Crippen molar-refractivity contribution < 1.29 is 0 Å². The van der Waals surface area contributed by atoms with E-state index in [1.54, 1.807) is 0 Å². The molecule has 0 N–H and O–H groups in total. The van der Waals surface area contributed by atoms with Crippen LogP contribution in [0.2, 0.25) is 0 Å². The molecule has 0 aliphatic heterocycles. The van der Waals surface area contributed by atoms with Crippen LogP contribution in [-0.2, 0) is 0 Å². The Morgan fingerprint density at radius 1 is 0.459 bits per heavy atom. The van der Waals surface area contributed by atoms with Gasteiger partial charge in [0, 0.05) is 82.5 Å². The van der Waals surface area contributed by atoms with Crippen molar-refractivity contribution in [2.75, 3.05) is 9.80 Å². The minimum absolute atomic E-state index is 0.0416. The van der Waals surface area contributed by atoms with Crippen LogP contribution in [-0.4, -0.2) is 14.8 Å². The van der Waals surface area contributed by atoms with Crippen molar-refractivity contribution in [1.82, 2.24) is 8.80 Å². The van der Waals surface area contributed by atoms with E-state index in [9.17, 15) is 10.5 Å². The first-order valence-electron chi connectivity index (χ1n) is 25.5. The fourth-order valence-electron chi connectivity index (χ4n) is 12.7. The molecule has 4 aromatic heterocycles. The van der Waals surface area contributed by atoms with Gasteiger partial charge in [0.2, 0.25) is 0 Å². The van der Waals surface area contributed by atoms with E-state index in [2.05, 4.69) is 213 Å². The molecule has 0 fully saturated rings. The highest BCUT2D eigenvalue weighted by atomic mass is 15.2. The predicted octanol–water partition coefficient (Wildman–Crippen LogP) is 15.6. The van der Waals surface area contributed by atoms with Gasteiger partial charge in [-0.1, -0.05) is 146 Å². The first-order chi connectivity index (χ1) is 36.7. The fraction of sp³-hybridized carbons (Fsp3) is 0.0588. The van der Waals surface area contributed by atoms with E-state index in [4.69, 9.17) is 0 Å². The van der Waals surface area contributed by atoms with Gasteiger partial charge in [0.1, 0.15) is 0 Å². The fourth-order valence-corrected chi connectivity index (χ4v) is 12.7. The molecule has 9 aromatic carbocycles. The Bertz CT molecular complexity index is 4720. The lowest BCUT2D eigenvalue weighted by Gasteiger charge is -2.32. The largest absolute Gasteiger partial charge is 0.334 e. The van der Waals surface area contributed by atoms with Crippen LogP contribution in [0.25, 0.3) is 94.1 Å². The molecule has 2 aliphatic carbocycles. The van der Waals surface area contributed by atoms with Crippen molar-refractivity contribution in [2.45, 2.75) is 25.3 Å². The Labute approximate surface area is 426 Å². The summed E-state index contributed by atoms with van der Waals surface area (Å²) in [6.45, 7) is 0. The molecule has 0 spiro atoms. The summed E-state index contributed by atoms with van der Waals surface area (Å²) in [7, 11) is 0. The minimum Gasteiger partial charge on any atom is -0.334 e. The molecule has 0 saturated heterocycles. The lowest BCUT2D eigenvalue weighted by atomic mass is 9.88. The highest BCUT2D eigenvalue weighted by molar-refractivity contribution is 6.35. The Morgan fingerprint density at radius 3 is 1.77 bits per heavy atom. The van der Waals surface area contributed by atoms with Crippen LogP contribution in [0.1, 0.15) is 36.0 Å². The van der Waals surface area contributed by atoms with Crippen LogP contribution in [0.4, 0.5) is 28.4 Å². The number of aromatic nitrogens is 2. The molecule has 346 valence electrons. The predicted molar refractivity (Wildman–Crippen MR) is 306 cm³/mol. The maximum Gasteiger partial charge on any atom is 0.0992 e. The van der Waals surface area contributed by atoms with Gasteiger partial charge in [-0.15, -0.1) is 0 Å². The Morgan fingerprint density at radius 2 is 1.05 bits per heavy atom. The van der Waals surface area contributed by atoms with E-state index in [0.717, 1.165) is 58.8 Å². The Kier molecular flexibility index (Phi) is 9.24. The number of nitrogens with zero attached hydrogens (tertiary/aromatic N) is 6. The summed E-state index contributed by atoms with van der Waals surface area (Å²) in [6, 6.07) is 73.5. The number of para-hydroxylation sites is 4. The highest BCUT2D eigenvalue weighted by Crippen LogP contribution is 2.52. The molecular weight excluding hydrogens is 901 g/mol. The lowest BCUT2D eigenvalue weighted by Crippen LogP contribution is -2.38. The number of hydrogen-bond donors (Lipinski definition) is 0. The van der Waals surface area contributed by atoms with E-state index in [-0.39, 0.29) is 6.04 Å². The first-order valence-corrected chi connectivity index (χ1v) is 25.5. The quantitative estimate of drug-likeness (QED) is 0.152. The highest BCUT2D eigenvalue weighted by Gasteiger charge is 2.32. The number of anilines is 5. The number of rotatable bonds is 8. The Balaban J connectivity index is 1.11. The molecule has 6 heteroatoms. The summed E-state index contributed by atoms with van der Waals surface area (Å²) in [5, 5.41) is 31.2. The zero-order chi connectivity index (χ0) is 49.0. The third-order valence-electron chi connectivity index (χ3n) is 15.7. The van der Waals surface area contributed by atoms with Crippen molar-refractivity contribution in [3.05, 3.63) is 240 Å². The van der Waals surface area contributed by atoms with Crippen molar-refractivity contribution >= 4 is 111 Å². The number of benzene rings is 9. The topological polar surface area (TPSA) is 62.9 Å². The molecule has 1 unspecified atom stereocenters. The van der Waals surface area contributed by atoms with Crippen LogP contribution >= 0.6 is 0 Å². The average Bonchev–Trinajstić information content (AvgIpc) is 4.25. The second-order valence-corrected chi connectivity index (χ2v) is 19.7. The molecule has 6 nitrogen and oxygen atoms in total. The van der Waals surface area contributed by atoms with Gasteiger partial charge in [0.25, 0.3) is 0 Å². The van der Waals surface area contributed by atoms with Crippen LogP contribution in [0.3, 0.4) is 0 Å². The number of hydrogen-bond acceptors (Lipinski definition) is 4.